The van der Waals surface area contributed by atoms with Gasteiger partial charge in [-0.1, -0.05) is 18.2 Å². The van der Waals surface area contributed by atoms with Crippen LogP contribution in [0.15, 0.2) is 24.3 Å². The summed E-state index contributed by atoms with van der Waals surface area (Å²) < 4.78 is 5.56. The van der Waals surface area contributed by atoms with Crippen molar-refractivity contribution < 1.29 is 4.74 Å². The topological polar surface area (TPSA) is 38.5 Å². The molecule has 0 saturated heterocycles. The van der Waals surface area contributed by atoms with Crippen molar-refractivity contribution >= 4 is 5.69 Å². The van der Waals surface area contributed by atoms with Crippen molar-refractivity contribution in [3.63, 3.8) is 0 Å². The lowest BCUT2D eigenvalue weighted by molar-refractivity contribution is 0.129. The van der Waals surface area contributed by atoms with Crippen molar-refractivity contribution in [1.82, 2.24) is 4.90 Å². The van der Waals surface area contributed by atoms with E-state index >= 15 is 0 Å². The number of nitrogen functional groups attached to an aromatic ring is 1. The largest absolute Gasteiger partial charge is 0.399 e. The van der Waals surface area contributed by atoms with E-state index in [1.54, 1.807) is 0 Å². The van der Waals surface area contributed by atoms with Crippen LogP contribution in [0, 0.1) is 0 Å². The van der Waals surface area contributed by atoms with Gasteiger partial charge in [0.2, 0.25) is 0 Å². The lowest BCUT2D eigenvalue weighted by Crippen LogP contribution is -2.15. The zero-order chi connectivity index (χ0) is 11.8. The van der Waals surface area contributed by atoms with Crippen LogP contribution in [-0.4, -0.2) is 38.8 Å². The van der Waals surface area contributed by atoms with Crippen molar-refractivity contribution in [3.8, 4) is 0 Å². The fourth-order valence-corrected chi connectivity index (χ4v) is 1.53. The van der Waals surface area contributed by atoms with E-state index in [2.05, 4.69) is 25.1 Å². The standard InChI is InChI=1S/C13H22N2O/c1-15(2)9-5-10-16-11-8-12-6-3-4-7-13(12)14/h3-4,6-7H,5,8-11,14H2,1-2H3. The zero-order valence-corrected chi connectivity index (χ0v) is 10.3. The Morgan fingerprint density at radius 3 is 2.62 bits per heavy atom. The van der Waals surface area contributed by atoms with Gasteiger partial charge in [-0.2, -0.15) is 0 Å². The van der Waals surface area contributed by atoms with Crippen LogP contribution in [0.5, 0.6) is 0 Å². The molecular weight excluding hydrogens is 200 g/mol. The Morgan fingerprint density at radius 1 is 1.19 bits per heavy atom. The predicted molar refractivity (Wildman–Crippen MR) is 68.5 cm³/mol. The van der Waals surface area contributed by atoms with Gasteiger partial charge in [-0.05, 0) is 45.1 Å². The first kappa shape index (κ1) is 13.0. The molecular formula is C13H22N2O. The van der Waals surface area contributed by atoms with E-state index in [0.29, 0.717) is 0 Å². The Hall–Kier alpha value is -1.06. The second kappa shape index (κ2) is 7.25. The number of anilines is 1. The van der Waals surface area contributed by atoms with E-state index in [0.717, 1.165) is 38.3 Å². The third kappa shape index (κ3) is 5.14. The van der Waals surface area contributed by atoms with Crippen LogP contribution in [0.2, 0.25) is 0 Å². The highest BCUT2D eigenvalue weighted by Gasteiger charge is 1.97. The quantitative estimate of drug-likeness (QED) is 0.564. The summed E-state index contributed by atoms with van der Waals surface area (Å²) in [4.78, 5) is 2.17. The molecule has 90 valence electrons. The molecule has 1 rings (SSSR count). The third-order valence-electron chi connectivity index (χ3n) is 2.46. The average molecular weight is 222 g/mol. The molecule has 2 N–H and O–H groups in total. The summed E-state index contributed by atoms with van der Waals surface area (Å²) in [5.74, 6) is 0. The molecule has 16 heavy (non-hydrogen) atoms. The molecule has 0 radical (unpaired) electrons. The van der Waals surface area contributed by atoms with E-state index in [1.807, 2.05) is 18.2 Å². The fraction of sp³-hybridized carbons (Fsp3) is 0.538. The first-order valence-corrected chi connectivity index (χ1v) is 5.76. The van der Waals surface area contributed by atoms with Gasteiger partial charge in [0, 0.05) is 12.3 Å². The highest BCUT2D eigenvalue weighted by molar-refractivity contribution is 5.46. The molecule has 0 bridgehead atoms. The Kier molecular flexibility index (Phi) is 5.90. The van der Waals surface area contributed by atoms with Crippen molar-refractivity contribution in [3.05, 3.63) is 29.8 Å². The van der Waals surface area contributed by atoms with Gasteiger partial charge in [-0.15, -0.1) is 0 Å². The molecule has 0 heterocycles. The number of ether oxygens (including phenoxy) is 1. The van der Waals surface area contributed by atoms with Crippen LogP contribution in [-0.2, 0) is 11.2 Å². The summed E-state index contributed by atoms with van der Waals surface area (Å²) in [6.45, 7) is 2.65. The van der Waals surface area contributed by atoms with Gasteiger partial charge < -0.3 is 15.4 Å². The number of rotatable bonds is 7. The van der Waals surface area contributed by atoms with E-state index in [9.17, 15) is 0 Å². The van der Waals surface area contributed by atoms with Gasteiger partial charge in [0.1, 0.15) is 0 Å². The van der Waals surface area contributed by atoms with Crippen LogP contribution in [0.1, 0.15) is 12.0 Å². The molecule has 0 aromatic heterocycles. The Morgan fingerprint density at radius 2 is 1.94 bits per heavy atom. The summed E-state index contributed by atoms with van der Waals surface area (Å²) in [5.41, 5.74) is 7.88. The maximum Gasteiger partial charge on any atom is 0.0507 e. The molecule has 3 nitrogen and oxygen atoms in total. The summed E-state index contributed by atoms with van der Waals surface area (Å²) in [6, 6.07) is 7.95. The SMILES string of the molecule is CN(C)CCCOCCc1ccccc1N. The molecule has 3 heteroatoms. The molecule has 0 unspecified atom stereocenters. The van der Waals surface area contributed by atoms with Crippen molar-refractivity contribution in [2.45, 2.75) is 12.8 Å². The van der Waals surface area contributed by atoms with E-state index in [-0.39, 0.29) is 0 Å². The van der Waals surface area contributed by atoms with Crippen molar-refractivity contribution in [2.75, 3.05) is 39.6 Å². The lowest BCUT2D eigenvalue weighted by Gasteiger charge is -2.10. The first-order valence-electron chi connectivity index (χ1n) is 5.76. The minimum absolute atomic E-state index is 0.752. The van der Waals surface area contributed by atoms with E-state index < -0.39 is 0 Å². The molecule has 0 atom stereocenters. The van der Waals surface area contributed by atoms with Crippen molar-refractivity contribution in [2.24, 2.45) is 0 Å². The summed E-state index contributed by atoms with van der Waals surface area (Å²) in [5, 5.41) is 0. The van der Waals surface area contributed by atoms with Crippen LogP contribution in [0.4, 0.5) is 5.69 Å². The van der Waals surface area contributed by atoms with Gasteiger partial charge in [0.15, 0.2) is 0 Å². The molecule has 0 fully saturated rings. The average Bonchev–Trinajstić information content (AvgIpc) is 2.25. The highest BCUT2D eigenvalue weighted by atomic mass is 16.5. The molecule has 0 amide bonds. The maximum atomic E-state index is 5.84. The molecule has 1 aromatic carbocycles. The highest BCUT2D eigenvalue weighted by Crippen LogP contribution is 2.10. The molecule has 0 aliphatic rings. The van der Waals surface area contributed by atoms with Crippen LogP contribution >= 0.6 is 0 Å². The summed E-state index contributed by atoms with van der Waals surface area (Å²) in [6.07, 6.45) is 1.98. The van der Waals surface area contributed by atoms with Gasteiger partial charge in [-0.25, -0.2) is 0 Å². The number of benzene rings is 1. The second-order valence-electron chi connectivity index (χ2n) is 4.22. The maximum absolute atomic E-state index is 5.84. The predicted octanol–water partition coefficient (Wildman–Crippen LogP) is 1.78. The number of hydrogen-bond donors (Lipinski definition) is 1. The molecule has 1 aromatic rings. The number of nitrogens with two attached hydrogens (primary N) is 1. The smallest absolute Gasteiger partial charge is 0.0507 e. The monoisotopic (exact) mass is 222 g/mol. The Balaban J connectivity index is 2.10. The molecule has 0 saturated carbocycles. The van der Waals surface area contributed by atoms with E-state index in [4.69, 9.17) is 10.5 Å². The minimum Gasteiger partial charge on any atom is -0.399 e. The van der Waals surface area contributed by atoms with Crippen molar-refractivity contribution in [1.29, 1.82) is 0 Å². The van der Waals surface area contributed by atoms with Gasteiger partial charge in [0.25, 0.3) is 0 Å². The second-order valence-corrected chi connectivity index (χ2v) is 4.22. The Labute approximate surface area is 98.2 Å². The van der Waals surface area contributed by atoms with Gasteiger partial charge >= 0.3 is 0 Å². The lowest BCUT2D eigenvalue weighted by atomic mass is 10.1. The molecule has 0 aliphatic heterocycles. The van der Waals surface area contributed by atoms with Crippen LogP contribution in [0.25, 0.3) is 0 Å². The van der Waals surface area contributed by atoms with Gasteiger partial charge in [0.05, 0.1) is 6.61 Å². The third-order valence-corrected chi connectivity index (χ3v) is 2.46. The van der Waals surface area contributed by atoms with Crippen LogP contribution in [0.3, 0.4) is 0 Å². The summed E-state index contributed by atoms with van der Waals surface area (Å²) >= 11 is 0. The normalized spacial score (nSPS) is 10.9. The van der Waals surface area contributed by atoms with Crippen LogP contribution < -0.4 is 5.73 Å². The number of hydrogen-bond acceptors (Lipinski definition) is 3. The molecule has 0 spiro atoms. The number of para-hydroxylation sites is 1. The number of nitrogens with zero attached hydrogens (tertiary/aromatic N) is 1. The zero-order valence-electron chi connectivity index (χ0n) is 10.3. The fourth-order valence-electron chi connectivity index (χ4n) is 1.53. The Bertz CT molecular complexity index is 300. The molecule has 0 aliphatic carbocycles. The van der Waals surface area contributed by atoms with E-state index in [1.165, 1.54) is 5.56 Å². The first-order chi connectivity index (χ1) is 7.70. The minimum atomic E-state index is 0.752. The summed E-state index contributed by atoms with van der Waals surface area (Å²) in [7, 11) is 4.15. The van der Waals surface area contributed by atoms with Gasteiger partial charge in [-0.3, -0.25) is 0 Å².